The van der Waals surface area contributed by atoms with Crippen molar-refractivity contribution in [3.05, 3.63) is 11.1 Å². The molecule has 0 saturated heterocycles. The molecule has 10 heavy (non-hydrogen) atoms. The fourth-order valence-electron chi connectivity index (χ4n) is 0.338. The van der Waals surface area contributed by atoms with E-state index in [2.05, 4.69) is 0 Å². The molecule has 0 saturated carbocycles. The smallest absolute Gasteiger partial charge is 0.244 e. The summed E-state index contributed by atoms with van der Waals surface area (Å²) >= 11 is 0. The molecule has 0 unspecified atom stereocenters. The predicted molar refractivity (Wildman–Crippen MR) is 32.6 cm³/mol. The summed E-state index contributed by atoms with van der Waals surface area (Å²) in [6.07, 6.45) is 0. The van der Waals surface area contributed by atoms with E-state index in [4.69, 9.17) is 5.73 Å². The Labute approximate surface area is 58.3 Å². The number of rotatable bonds is 2. The molecule has 0 aromatic heterocycles. The SMILES string of the molecule is C/C(C(N)=O)=C(\C)C(=O)[O-]. The van der Waals surface area contributed by atoms with Crippen molar-refractivity contribution < 1.29 is 14.7 Å². The Kier molecular flexibility index (Phi) is 2.61. The van der Waals surface area contributed by atoms with Gasteiger partial charge in [0.1, 0.15) is 0 Å². The molecule has 0 aromatic carbocycles. The first-order valence-electron chi connectivity index (χ1n) is 2.65. The minimum absolute atomic E-state index is 0.0278. The number of carbonyl (C=O) groups is 2. The maximum Gasteiger partial charge on any atom is 0.244 e. The van der Waals surface area contributed by atoms with Gasteiger partial charge in [-0.3, -0.25) is 4.79 Å². The van der Waals surface area contributed by atoms with E-state index in [1.54, 1.807) is 0 Å². The highest BCUT2D eigenvalue weighted by Crippen LogP contribution is 1.99. The third-order valence-corrected chi connectivity index (χ3v) is 1.24. The Morgan fingerprint density at radius 3 is 1.70 bits per heavy atom. The van der Waals surface area contributed by atoms with Crippen molar-refractivity contribution in [1.29, 1.82) is 0 Å². The van der Waals surface area contributed by atoms with Gasteiger partial charge in [-0.05, 0) is 19.4 Å². The monoisotopic (exact) mass is 142 g/mol. The molecular weight excluding hydrogens is 134 g/mol. The van der Waals surface area contributed by atoms with Crippen molar-refractivity contribution in [3.8, 4) is 0 Å². The van der Waals surface area contributed by atoms with Crippen LogP contribution in [-0.4, -0.2) is 11.9 Å². The number of hydrogen-bond acceptors (Lipinski definition) is 3. The lowest BCUT2D eigenvalue weighted by Gasteiger charge is -2.03. The molecule has 56 valence electrons. The first-order valence-corrected chi connectivity index (χ1v) is 2.65. The second-order valence-corrected chi connectivity index (χ2v) is 1.90. The summed E-state index contributed by atoms with van der Waals surface area (Å²) in [7, 11) is 0. The summed E-state index contributed by atoms with van der Waals surface area (Å²) < 4.78 is 0. The standard InChI is InChI=1S/C6H9NO3/c1-3(5(7)8)4(2)6(9)10/h1-2H3,(H2,7,8)(H,9,10)/p-1/b4-3-. The van der Waals surface area contributed by atoms with Crippen LogP contribution in [0.25, 0.3) is 0 Å². The maximum absolute atomic E-state index is 10.3. The second-order valence-electron chi connectivity index (χ2n) is 1.90. The molecule has 0 bridgehead atoms. The molecule has 0 aromatic rings. The van der Waals surface area contributed by atoms with Crippen LogP contribution in [0.5, 0.6) is 0 Å². The fourth-order valence-corrected chi connectivity index (χ4v) is 0.338. The van der Waals surface area contributed by atoms with Crippen molar-refractivity contribution in [2.24, 2.45) is 5.73 Å². The van der Waals surface area contributed by atoms with Crippen LogP contribution in [0, 0.1) is 0 Å². The van der Waals surface area contributed by atoms with E-state index in [1.807, 2.05) is 0 Å². The molecule has 4 heteroatoms. The molecule has 0 spiro atoms. The van der Waals surface area contributed by atoms with E-state index >= 15 is 0 Å². The van der Waals surface area contributed by atoms with Gasteiger partial charge in [0.15, 0.2) is 0 Å². The minimum atomic E-state index is -1.36. The topological polar surface area (TPSA) is 83.2 Å². The van der Waals surface area contributed by atoms with Crippen LogP contribution in [0.15, 0.2) is 11.1 Å². The van der Waals surface area contributed by atoms with Crippen LogP contribution in [0.3, 0.4) is 0 Å². The van der Waals surface area contributed by atoms with Crippen LogP contribution < -0.4 is 10.8 Å². The number of aliphatic carboxylic acids is 1. The zero-order chi connectivity index (χ0) is 8.31. The summed E-state index contributed by atoms with van der Waals surface area (Å²) in [5.74, 6) is -2.10. The Hall–Kier alpha value is -1.32. The van der Waals surface area contributed by atoms with E-state index in [9.17, 15) is 14.7 Å². The van der Waals surface area contributed by atoms with Crippen molar-refractivity contribution in [3.63, 3.8) is 0 Å². The van der Waals surface area contributed by atoms with Gasteiger partial charge in [0.2, 0.25) is 5.91 Å². The van der Waals surface area contributed by atoms with Gasteiger partial charge in [0, 0.05) is 5.57 Å². The lowest BCUT2D eigenvalue weighted by Crippen LogP contribution is -2.26. The highest BCUT2D eigenvalue weighted by molar-refractivity contribution is 5.99. The molecule has 0 radical (unpaired) electrons. The number of primary amides is 1. The second kappa shape index (κ2) is 3.00. The normalized spacial score (nSPS) is 12.2. The molecule has 0 atom stereocenters. The van der Waals surface area contributed by atoms with E-state index in [0.29, 0.717) is 0 Å². The molecule has 4 nitrogen and oxygen atoms in total. The summed E-state index contributed by atoms with van der Waals surface area (Å²) in [6, 6.07) is 0. The molecule has 0 aliphatic carbocycles. The van der Waals surface area contributed by atoms with Crippen LogP contribution in [-0.2, 0) is 9.59 Å². The molecule has 0 rings (SSSR count). The number of carboxylic acid groups (broad SMARTS) is 1. The van der Waals surface area contributed by atoms with Gasteiger partial charge >= 0.3 is 0 Å². The van der Waals surface area contributed by atoms with Gasteiger partial charge in [-0.15, -0.1) is 0 Å². The van der Waals surface area contributed by atoms with Crippen molar-refractivity contribution in [2.75, 3.05) is 0 Å². The van der Waals surface area contributed by atoms with E-state index in [1.165, 1.54) is 13.8 Å². The molecule has 1 amide bonds. The molecule has 2 N–H and O–H groups in total. The van der Waals surface area contributed by atoms with Crippen molar-refractivity contribution >= 4 is 11.9 Å². The number of nitrogens with two attached hydrogens (primary N) is 1. The average Bonchev–Trinajstić information content (AvgIpc) is 1.84. The van der Waals surface area contributed by atoms with Gasteiger partial charge in [0.25, 0.3) is 0 Å². The zero-order valence-corrected chi connectivity index (χ0v) is 5.80. The van der Waals surface area contributed by atoms with E-state index in [-0.39, 0.29) is 11.1 Å². The van der Waals surface area contributed by atoms with Crippen LogP contribution in [0.2, 0.25) is 0 Å². The summed E-state index contributed by atoms with van der Waals surface area (Å²) in [5, 5.41) is 10.1. The fraction of sp³-hybridized carbons (Fsp3) is 0.333. The Bertz CT molecular complexity index is 183. The number of amides is 1. The first-order chi connectivity index (χ1) is 4.46. The minimum Gasteiger partial charge on any atom is -0.545 e. The average molecular weight is 142 g/mol. The summed E-state index contributed by atoms with van der Waals surface area (Å²) in [5.41, 5.74) is 4.70. The predicted octanol–water partition coefficient (Wildman–Crippen LogP) is -1.44. The summed E-state index contributed by atoms with van der Waals surface area (Å²) in [6.45, 7) is 2.61. The van der Waals surface area contributed by atoms with Crippen LogP contribution in [0.1, 0.15) is 13.8 Å². The Balaban J connectivity index is 4.67. The largest absolute Gasteiger partial charge is 0.545 e. The highest BCUT2D eigenvalue weighted by atomic mass is 16.4. The van der Waals surface area contributed by atoms with Crippen molar-refractivity contribution in [2.45, 2.75) is 13.8 Å². The lowest BCUT2D eigenvalue weighted by atomic mass is 10.1. The highest BCUT2D eigenvalue weighted by Gasteiger charge is 2.02. The third-order valence-electron chi connectivity index (χ3n) is 1.24. The van der Waals surface area contributed by atoms with Gasteiger partial charge < -0.3 is 15.6 Å². The number of carboxylic acids is 1. The van der Waals surface area contributed by atoms with Crippen LogP contribution >= 0.6 is 0 Å². The van der Waals surface area contributed by atoms with Gasteiger partial charge in [-0.2, -0.15) is 0 Å². The molecular formula is C6H8NO3-. The molecule has 0 fully saturated rings. The first kappa shape index (κ1) is 8.68. The number of carbonyl (C=O) groups excluding carboxylic acids is 2. The third kappa shape index (κ3) is 1.89. The van der Waals surface area contributed by atoms with Crippen LogP contribution in [0.4, 0.5) is 0 Å². The van der Waals surface area contributed by atoms with Gasteiger partial charge in [-0.25, -0.2) is 0 Å². The maximum atomic E-state index is 10.3. The van der Waals surface area contributed by atoms with E-state index in [0.717, 1.165) is 0 Å². The molecule has 0 heterocycles. The zero-order valence-electron chi connectivity index (χ0n) is 5.80. The molecule has 0 aliphatic heterocycles. The number of hydrogen-bond donors (Lipinski definition) is 1. The van der Waals surface area contributed by atoms with Gasteiger partial charge in [-0.1, -0.05) is 0 Å². The van der Waals surface area contributed by atoms with E-state index < -0.39 is 11.9 Å². The Morgan fingerprint density at radius 1 is 1.20 bits per heavy atom. The Morgan fingerprint density at radius 2 is 1.60 bits per heavy atom. The molecule has 0 aliphatic rings. The van der Waals surface area contributed by atoms with Crippen molar-refractivity contribution in [1.82, 2.24) is 0 Å². The lowest BCUT2D eigenvalue weighted by molar-refractivity contribution is -0.299. The quantitative estimate of drug-likeness (QED) is 0.479. The summed E-state index contributed by atoms with van der Waals surface area (Å²) in [4.78, 5) is 20.4. The van der Waals surface area contributed by atoms with Gasteiger partial charge in [0.05, 0.1) is 5.97 Å².